The van der Waals surface area contributed by atoms with E-state index in [0.29, 0.717) is 18.7 Å². The predicted octanol–water partition coefficient (Wildman–Crippen LogP) is -0.457. The molecule has 9 heteroatoms. The third kappa shape index (κ3) is 4.70. The van der Waals surface area contributed by atoms with Crippen LogP contribution < -0.4 is 5.73 Å². The van der Waals surface area contributed by atoms with Gasteiger partial charge in [-0.2, -0.15) is 0 Å². The normalized spacial score (nSPS) is 24.0. The molecule has 0 radical (unpaired) electrons. The predicted molar refractivity (Wildman–Crippen MR) is 84.5 cm³/mol. The Kier molecular flexibility index (Phi) is 7.33. The van der Waals surface area contributed by atoms with E-state index in [0.717, 1.165) is 0 Å². The fourth-order valence-electron chi connectivity index (χ4n) is 2.35. The van der Waals surface area contributed by atoms with Gasteiger partial charge in [0.15, 0.2) is 0 Å². The maximum absolute atomic E-state index is 11.8. The average Bonchev–Trinajstić information content (AvgIpc) is 2.87. The number of carboxylic acid groups (broad SMARTS) is 1. The van der Waals surface area contributed by atoms with Gasteiger partial charge >= 0.3 is 11.9 Å². The summed E-state index contributed by atoms with van der Waals surface area (Å²) in [5, 5.41) is 18.7. The number of aliphatic hydroxyl groups excluding tert-OH is 1. The lowest BCUT2D eigenvalue weighted by atomic mass is 9.93. The molecule has 0 aromatic carbocycles. The monoisotopic (exact) mass is 331 g/mol. The van der Waals surface area contributed by atoms with Crippen molar-refractivity contribution in [1.29, 1.82) is 0 Å². The number of carbonyl (C=O) groups excluding carboxylic acids is 1. The molecule has 1 rings (SSSR count). The summed E-state index contributed by atoms with van der Waals surface area (Å²) in [4.78, 5) is 31.1. The topological polar surface area (TPSA) is 135 Å². The van der Waals surface area contributed by atoms with Crippen LogP contribution in [0.3, 0.4) is 0 Å². The lowest BCUT2D eigenvalue weighted by Crippen LogP contribution is -2.36. The van der Waals surface area contributed by atoms with Crippen LogP contribution in [0, 0.1) is 5.92 Å². The Bertz CT molecular complexity index is 467. The molecule has 0 aromatic rings. The zero-order chi connectivity index (χ0) is 16.7. The molecule has 8 nitrogen and oxygen atoms in total. The van der Waals surface area contributed by atoms with Crippen LogP contribution in [0.25, 0.3) is 0 Å². The minimum absolute atomic E-state index is 0.0151. The van der Waals surface area contributed by atoms with Crippen LogP contribution in [-0.4, -0.2) is 71.0 Å². The molecule has 124 valence electrons. The summed E-state index contributed by atoms with van der Waals surface area (Å²) in [6.07, 6.45) is 0.593. The molecule has 0 aliphatic carbocycles. The first-order valence-corrected chi connectivity index (χ1v) is 7.85. The van der Waals surface area contributed by atoms with Gasteiger partial charge in [-0.05, 0) is 13.3 Å². The fourth-order valence-corrected chi connectivity index (χ4v) is 3.49. The second kappa shape index (κ2) is 8.74. The third-order valence-corrected chi connectivity index (χ3v) is 4.57. The highest BCUT2D eigenvalue weighted by atomic mass is 32.2. The molecule has 22 heavy (non-hydrogen) atoms. The molecular weight excluding hydrogens is 310 g/mol. The Labute approximate surface area is 132 Å². The number of aliphatic imine (C=N–C) groups is 2. The molecule has 0 bridgehead atoms. The van der Waals surface area contributed by atoms with E-state index in [1.165, 1.54) is 32.1 Å². The number of nitrogens with two attached hydrogens (primary N) is 1. The van der Waals surface area contributed by atoms with Gasteiger partial charge in [-0.1, -0.05) is 0 Å². The number of methoxy groups -OCH3 is 1. The van der Waals surface area contributed by atoms with Crippen molar-refractivity contribution in [3.63, 3.8) is 0 Å². The number of hydrogen-bond acceptors (Lipinski definition) is 7. The van der Waals surface area contributed by atoms with Gasteiger partial charge in [0, 0.05) is 12.3 Å². The van der Waals surface area contributed by atoms with Crippen LogP contribution in [0.5, 0.6) is 0 Å². The molecule has 1 aliphatic heterocycles. The molecule has 4 N–H and O–H groups in total. The molecule has 1 heterocycles. The smallest absolute Gasteiger partial charge is 0.350 e. The lowest BCUT2D eigenvalue weighted by molar-refractivity contribution is -0.150. The molecule has 0 spiro atoms. The maximum atomic E-state index is 11.8. The number of rotatable bonds is 8. The number of nitrogens with zero attached hydrogens (tertiary/aromatic N) is 2. The van der Waals surface area contributed by atoms with Crippen molar-refractivity contribution in [1.82, 2.24) is 0 Å². The van der Waals surface area contributed by atoms with Crippen LogP contribution in [0.15, 0.2) is 9.98 Å². The van der Waals surface area contributed by atoms with E-state index in [1.54, 1.807) is 0 Å². The van der Waals surface area contributed by atoms with E-state index in [-0.39, 0.29) is 11.0 Å². The van der Waals surface area contributed by atoms with Crippen LogP contribution in [0.4, 0.5) is 0 Å². The first-order chi connectivity index (χ1) is 10.4. The van der Waals surface area contributed by atoms with Crippen molar-refractivity contribution in [3.8, 4) is 0 Å². The number of carboxylic acids is 1. The number of carbonyl (C=O) groups is 2. The Balaban J connectivity index is 2.82. The molecule has 0 amide bonds. The van der Waals surface area contributed by atoms with Gasteiger partial charge < -0.3 is 20.7 Å². The Morgan fingerprint density at radius 2 is 2.32 bits per heavy atom. The summed E-state index contributed by atoms with van der Waals surface area (Å²) in [5.41, 5.74) is 5.16. The zero-order valence-corrected chi connectivity index (χ0v) is 13.3. The van der Waals surface area contributed by atoms with Gasteiger partial charge in [0.05, 0.1) is 30.8 Å². The standard InChI is InChI=1S/C13H21N3O5S/c1-7(17)10(13(20)21-2)8-5-9(11(16-8)12(18)19)22-4-3-15-6-14/h6-10,17H,3-5H2,1-2H3,(H2,14,15)(H,18,19)/t7-,8-,9?,10-/m1/s1. The van der Waals surface area contributed by atoms with Crippen molar-refractivity contribution in [3.05, 3.63) is 0 Å². The average molecular weight is 331 g/mol. The molecule has 0 fully saturated rings. The highest BCUT2D eigenvalue weighted by Crippen LogP contribution is 2.31. The van der Waals surface area contributed by atoms with Crippen molar-refractivity contribution < 1.29 is 24.5 Å². The molecule has 1 unspecified atom stereocenters. The first-order valence-electron chi connectivity index (χ1n) is 6.80. The SMILES string of the molecule is COC(=O)[C@H]([C@@H](C)O)[C@H]1CC(SCCN=CN)C(C(=O)O)=N1. The summed E-state index contributed by atoms with van der Waals surface area (Å²) in [6.45, 7) is 1.94. The number of aliphatic hydroxyl groups is 1. The van der Waals surface area contributed by atoms with Gasteiger partial charge in [-0.15, -0.1) is 11.8 Å². The summed E-state index contributed by atoms with van der Waals surface area (Å²) >= 11 is 1.40. The van der Waals surface area contributed by atoms with Gasteiger partial charge in [-0.3, -0.25) is 14.8 Å². The van der Waals surface area contributed by atoms with Crippen molar-refractivity contribution in [2.24, 2.45) is 21.6 Å². The van der Waals surface area contributed by atoms with Crippen LogP contribution in [-0.2, 0) is 14.3 Å². The first kappa shape index (κ1) is 18.4. The highest BCUT2D eigenvalue weighted by Gasteiger charge is 2.41. The van der Waals surface area contributed by atoms with E-state index in [1.807, 2.05) is 0 Å². The van der Waals surface area contributed by atoms with Gasteiger partial charge in [-0.25, -0.2) is 4.79 Å². The summed E-state index contributed by atoms with van der Waals surface area (Å²) < 4.78 is 4.67. The molecule has 0 aromatic heterocycles. The second-order valence-corrected chi connectivity index (χ2v) is 6.14. The summed E-state index contributed by atoms with van der Waals surface area (Å²) in [5.74, 6) is -1.98. The maximum Gasteiger partial charge on any atom is 0.350 e. The quantitative estimate of drug-likeness (QED) is 0.237. The van der Waals surface area contributed by atoms with Crippen LogP contribution >= 0.6 is 11.8 Å². The van der Waals surface area contributed by atoms with Crippen molar-refractivity contribution in [2.45, 2.75) is 30.7 Å². The van der Waals surface area contributed by atoms with Gasteiger partial charge in [0.1, 0.15) is 11.6 Å². The lowest BCUT2D eigenvalue weighted by Gasteiger charge is -2.22. The molecular formula is C13H21N3O5S. The Hall–Kier alpha value is -1.61. The van der Waals surface area contributed by atoms with E-state index in [9.17, 15) is 19.8 Å². The number of thioether (sulfide) groups is 1. The summed E-state index contributed by atoms with van der Waals surface area (Å²) in [6, 6.07) is -0.603. The third-order valence-electron chi connectivity index (χ3n) is 3.34. The number of aliphatic carboxylic acids is 1. The van der Waals surface area contributed by atoms with E-state index in [2.05, 4.69) is 14.7 Å². The van der Waals surface area contributed by atoms with Crippen LogP contribution in [0.1, 0.15) is 13.3 Å². The molecule has 4 atom stereocenters. The molecule has 0 saturated heterocycles. The van der Waals surface area contributed by atoms with E-state index < -0.39 is 30.0 Å². The van der Waals surface area contributed by atoms with Gasteiger partial charge in [0.2, 0.25) is 0 Å². The van der Waals surface area contributed by atoms with Crippen molar-refractivity contribution in [2.75, 3.05) is 19.4 Å². The van der Waals surface area contributed by atoms with E-state index in [4.69, 9.17) is 5.73 Å². The van der Waals surface area contributed by atoms with Crippen LogP contribution in [0.2, 0.25) is 0 Å². The summed E-state index contributed by atoms with van der Waals surface area (Å²) in [7, 11) is 1.23. The fraction of sp³-hybridized carbons (Fsp3) is 0.692. The zero-order valence-electron chi connectivity index (χ0n) is 12.5. The minimum atomic E-state index is -1.11. The largest absolute Gasteiger partial charge is 0.477 e. The molecule has 0 saturated carbocycles. The number of hydrogen-bond donors (Lipinski definition) is 3. The highest BCUT2D eigenvalue weighted by molar-refractivity contribution is 8.00. The number of ether oxygens (including phenoxy) is 1. The Morgan fingerprint density at radius 3 is 2.82 bits per heavy atom. The van der Waals surface area contributed by atoms with E-state index >= 15 is 0 Å². The number of esters is 1. The molecule has 1 aliphatic rings. The Morgan fingerprint density at radius 1 is 1.64 bits per heavy atom. The van der Waals surface area contributed by atoms with Gasteiger partial charge in [0.25, 0.3) is 0 Å². The minimum Gasteiger partial charge on any atom is -0.477 e. The van der Waals surface area contributed by atoms with Crippen molar-refractivity contribution >= 4 is 35.8 Å². The second-order valence-electron chi connectivity index (χ2n) is 4.83.